The Labute approximate surface area is 163 Å². The van der Waals surface area contributed by atoms with E-state index in [1.54, 1.807) is 49.4 Å². The van der Waals surface area contributed by atoms with Crippen molar-refractivity contribution in [3.8, 4) is 5.75 Å². The Balaban J connectivity index is 1.72. The molecule has 3 amide bonds. The van der Waals surface area contributed by atoms with Crippen molar-refractivity contribution in [2.75, 3.05) is 16.0 Å². The number of anilines is 3. The molecule has 0 saturated carbocycles. The predicted molar refractivity (Wildman–Crippen MR) is 111 cm³/mol. The highest BCUT2D eigenvalue weighted by Gasteiger charge is 2.11. The molecule has 6 heteroatoms. The third kappa shape index (κ3) is 4.67. The zero-order valence-electron chi connectivity index (χ0n) is 15.6. The summed E-state index contributed by atoms with van der Waals surface area (Å²) in [5.74, 6) is -0.125. The van der Waals surface area contributed by atoms with E-state index in [2.05, 4.69) is 16.0 Å². The van der Waals surface area contributed by atoms with Gasteiger partial charge in [0.1, 0.15) is 5.75 Å². The average molecular weight is 375 g/mol. The number of amides is 3. The molecule has 0 aromatic heterocycles. The molecule has 0 aliphatic rings. The first-order chi connectivity index (χ1) is 13.4. The first kappa shape index (κ1) is 19.0. The van der Waals surface area contributed by atoms with Crippen LogP contribution in [0.15, 0.2) is 66.7 Å². The van der Waals surface area contributed by atoms with Gasteiger partial charge in [0.25, 0.3) is 5.91 Å². The number of carbonyl (C=O) groups is 2. The van der Waals surface area contributed by atoms with Crippen molar-refractivity contribution in [2.45, 2.75) is 13.8 Å². The SMILES string of the molecule is Cc1cc(O)ccc1NC(=O)Nc1cc(C(=O)Nc2ccccc2)ccc1C. The van der Waals surface area contributed by atoms with E-state index < -0.39 is 6.03 Å². The van der Waals surface area contributed by atoms with Gasteiger partial charge in [0.2, 0.25) is 0 Å². The third-order valence-electron chi connectivity index (χ3n) is 4.24. The van der Waals surface area contributed by atoms with Crippen LogP contribution in [-0.4, -0.2) is 17.0 Å². The standard InChI is InChI=1S/C22H21N3O3/c1-14-8-9-16(21(27)23-17-6-4-3-5-7-17)13-20(14)25-22(28)24-19-11-10-18(26)12-15(19)2/h3-13,26H,1-2H3,(H,23,27)(H2,24,25,28). The van der Waals surface area contributed by atoms with Gasteiger partial charge in [-0.25, -0.2) is 4.79 Å². The largest absolute Gasteiger partial charge is 0.508 e. The maximum Gasteiger partial charge on any atom is 0.323 e. The maximum atomic E-state index is 12.5. The molecule has 0 saturated heterocycles. The predicted octanol–water partition coefficient (Wildman–Crippen LogP) is 4.91. The Kier molecular flexibility index (Phi) is 5.60. The van der Waals surface area contributed by atoms with E-state index in [1.807, 2.05) is 25.1 Å². The summed E-state index contributed by atoms with van der Waals surface area (Å²) in [4.78, 5) is 24.8. The van der Waals surface area contributed by atoms with Crippen molar-refractivity contribution in [3.05, 3.63) is 83.4 Å². The second-order valence-corrected chi connectivity index (χ2v) is 6.43. The zero-order chi connectivity index (χ0) is 20.1. The molecule has 4 N–H and O–H groups in total. The van der Waals surface area contributed by atoms with E-state index in [9.17, 15) is 14.7 Å². The number of benzene rings is 3. The first-order valence-electron chi connectivity index (χ1n) is 8.77. The summed E-state index contributed by atoms with van der Waals surface area (Å²) in [5.41, 5.74) is 3.82. The Morgan fingerprint density at radius 3 is 2.18 bits per heavy atom. The summed E-state index contributed by atoms with van der Waals surface area (Å²) in [6.07, 6.45) is 0. The van der Waals surface area contributed by atoms with Crippen molar-refractivity contribution in [1.29, 1.82) is 0 Å². The molecule has 28 heavy (non-hydrogen) atoms. The molecule has 0 aliphatic heterocycles. The van der Waals surface area contributed by atoms with Gasteiger partial charge in [-0.1, -0.05) is 24.3 Å². The summed E-state index contributed by atoms with van der Waals surface area (Å²) in [7, 11) is 0. The second kappa shape index (κ2) is 8.26. The molecule has 0 unspecified atom stereocenters. The molecule has 142 valence electrons. The zero-order valence-corrected chi connectivity index (χ0v) is 15.6. The van der Waals surface area contributed by atoms with Crippen LogP contribution < -0.4 is 16.0 Å². The van der Waals surface area contributed by atoms with Crippen LogP contribution in [0.25, 0.3) is 0 Å². The van der Waals surface area contributed by atoms with Gasteiger partial charge in [0.05, 0.1) is 0 Å². The first-order valence-corrected chi connectivity index (χ1v) is 8.77. The minimum atomic E-state index is -0.433. The summed E-state index contributed by atoms with van der Waals surface area (Å²) in [5, 5.41) is 17.8. The maximum absolute atomic E-state index is 12.5. The lowest BCUT2D eigenvalue weighted by molar-refractivity contribution is 0.102. The van der Waals surface area contributed by atoms with E-state index in [0.29, 0.717) is 22.6 Å². The number of hydrogen-bond donors (Lipinski definition) is 4. The van der Waals surface area contributed by atoms with Crippen molar-refractivity contribution < 1.29 is 14.7 Å². The van der Waals surface area contributed by atoms with Crippen LogP contribution in [-0.2, 0) is 0 Å². The Morgan fingerprint density at radius 1 is 0.750 bits per heavy atom. The van der Waals surface area contributed by atoms with Crippen LogP contribution >= 0.6 is 0 Å². The smallest absolute Gasteiger partial charge is 0.323 e. The van der Waals surface area contributed by atoms with Crippen LogP contribution in [0.1, 0.15) is 21.5 Å². The van der Waals surface area contributed by atoms with Crippen molar-refractivity contribution >= 4 is 29.0 Å². The molecule has 3 aromatic rings. The molecular weight excluding hydrogens is 354 g/mol. The lowest BCUT2D eigenvalue weighted by Gasteiger charge is -2.13. The van der Waals surface area contributed by atoms with Gasteiger partial charge in [-0.2, -0.15) is 0 Å². The van der Waals surface area contributed by atoms with Gasteiger partial charge in [-0.3, -0.25) is 4.79 Å². The molecule has 0 heterocycles. The van der Waals surface area contributed by atoms with Crippen molar-refractivity contribution in [3.63, 3.8) is 0 Å². The van der Waals surface area contributed by atoms with E-state index in [4.69, 9.17) is 0 Å². The Morgan fingerprint density at radius 2 is 1.46 bits per heavy atom. The van der Waals surface area contributed by atoms with E-state index in [-0.39, 0.29) is 11.7 Å². The molecule has 3 rings (SSSR count). The molecule has 0 spiro atoms. The van der Waals surface area contributed by atoms with Gasteiger partial charge < -0.3 is 21.1 Å². The van der Waals surface area contributed by atoms with Crippen LogP contribution in [0.2, 0.25) is 0 Å². The monoisotopic (exact) mass is 375 g/mol. The molecule has 0 aliphatic carbocycles. The van der Waals surface area contributed by atoms with E-state index in [0.717, 1.165) is 11.1 Å². The quantitative estimate of drug-likeness (QED) is 0.489. The summed E-state index contributed by atoms with van der Waals surface area (Å²) in [6, 6.07) is 18.5. The minimum Gasteiger partial charge on any atom is -0.508 e. The molecule has 6 nitrogen and oxygen atoms in total. The van der Waals surface area contributed by atoms with E-state index >= 15 is 0 Å². The van der Waals surface area contributed by atoms with E-state index in [1.165, 1.54) is 6.07 Å². The topological polar surface area (TPSA) is 90.5 Å². The summed E-state index contributed by atoms with van der Waals surface area (Å²) in [6.45, 7) is 3.63. The number of hydrogen-bond acceptors (Lipinski definition) is 3. The fraction of sp³-hybridized carbons (Fsp3) is 0.0909. The van der Waals surface area contributed by atoms with Crippen molar-refractivity contribution in [1.82, 2.24) is 0 Å². The number of nitrogens with one attached hydrogen (secondary N) is 3. The van der Waals surface area contributed by atoms with Gasteiger partial charge in [0.15, 0.2) is 0 Å². The van der Waals surface area contributed by atoms with Crippen LogP contribution in [0, 0.1) is 13.8 Å². The molecule has 0 atom stereocenters. The number of urea groups is 1. The third-order valence-corrected chi connectivity index (χ3v) is 4.24. The normalized spacial score (nSPS) is 10.2. The number of aromatic hydroxyl groups is 1. The summed E-state index contributed by atoms with van der Waals surface area (Å²) >= 11 is 0. The fourth-order valence-electron chi connectivity index (χ4n) is 2.69. The average Bonchev–Trinajstić information content (AvgIpc) is 2.66. The van der Waals surface area contributed by atoms with Crippen LogP contribution in [0.5, 0.6) is 5.75 Å². The minimum absolute atomic E-state index is 0.136. The summed E-state index contributed by atoms with van der Waals surface area (Å²) < 4.78 is 0. The number of rotatable bonds is 4. The highest BCUT2D eigenvalue weighted by atomic mass is 16.3. The number of phenols is 1. The Bertz CT molecular complexity index is 1020. The molecule has 0 bridgehead atoms. The van der Waals surface area contributed by atoms with Gasteiger partial charge in [0, 0.05) is 22.6 Å². The van der Waals surface area contributed by atoms with Gasteiger partial charge in [-0.05, 0) is 67.4 Å². The molecule has 3 aromatic carbocycles. The number of aryl methyl sites for hydroxylation is 2. The van der Waals surface area contributed by atoms with Crippen molar-refractivity contribution in [2.24, 2.45) is 0 Å². The highest BCUT2D eigenvalue weighted by molar-refractivity contribution is 6.06. The van der Waals surface area contributed by atoms with Crippen LogP contribution in [0.4, 0.5) is 21.9 Å². The van der Waals surface area contributed by atoms with Gasteiger partial charge >= 0.3 is 6.03 Å². The lowest BCUT2D eigenvalue weighted by atomic mass is 10.1. The highest BCUT2D eigenvalue weighted by Crippen LogP contribution is 2.22. The number of phenolic OH excluding ortho intramolecular Hbond substituents is 1. The molecule has 0 fully saturated rings. The van der Waals surface area contributed by atoms with Gasteiger partial charge in [-0.15, -0.1) is 0 Å². The second-order valence-electron chi connectivity index (χ2n) is 6.43. The molecular formula is C22H21N3O3. The number of carbonyl (C=O) groups excluding carboxylic acids is 2. The number of para-hydroxylation sites is 1. The lowest BCUT2D eigenvalue weighted by Crippen LogP contribution is -2.21. The Hall–Kier alpha value is -3.80. The fourth-order valence-corrected chi connectivity index (χ4v) is 2.69. The molecule has 0 radical (unpaired) electrons. The van der Waals surface area contributed by atoms with Crippen LogP contribution in [0.3, 0.4) is 0 Å².